The number of aromatic carboxylic acids is 1. The van der Waals surface area contributed by atoms with Crippen LogP contribution < -0.4 is 11.1 Å². The van der Waals surface area contributed by atoms with Gasteiger partial charge in [-0.15, -0.1) is 0 Å². The number of benzene rings is 1. The second-order valence-electron chi connectivity index (χ2n) is 3.83. The van der Waals surface area contributed by atoms with E-state index in [4.69, 9.17) is 15.3 Å². The topological polar surface area (TPSA) is 106 Å². The molecule has 0 saturated carbocycles. The maximum atomic E-state index is 11.2. The summed E-state index contributed by atoms with van der Waals surface area (Å²) in [6.07, 6.45) is 0. The predicted molar refractivity (Wildman–Crippen MR) is 68.0 cm³/mol. The van der Waals surface area contributed by atoms with E-state index >= 15 is 0 Å². The normalized spacial score (nSPS) is 10.1. The number of para-hydroxylation sites is 1. The Morgan fingerprint density at radius 3 is 2.58 bits per heavy atom. The summed E-state index contributed by atoms with van der Waals surface area (Å²) < 4.78 is 5.09. The molecule has 2 aromatic rings. The standard InChI is InChI=1S/C13H12N2O4/c14-12(16)9-3-1-2-4-10(9)15-7-8-5-6-11(19-8)13(17)18/h1-6,15H,7H2,(H2,14,16)(H,17,18). The molecule has 2 rings (SSSR count). The summed E-state index contributed by atoms with van der Waals surface area (Å²) in [5.74, 6) is -1.32. The molecule has 19 heavy (non-hydrogen) atoms. The van der Waals surface area contributed by atoms with Gasteiger partial charge in [0.25, 0.3) is 5.91 Å². The minimum absolute atomic E-state index is 0.125. The Labute approximate surface area is 108 Å². The summed E-state index contributed by atoms with van der Waals surface area (Å²) in [5.41, 5.74) is 6.19. The smallest absolute Gasteiger partial charge is 0.371 e. The fourth-order valence-corrected chi connectivity index (χ4v) is 1.62. The van der Waals surface area contributed by atoms with E-state index in [1.54, 1.807) is 30.3 Å². The summed E-state index contributed by atoms with van der Waals surface area (Å²) >= 11 is 0. The summed E-state index contributed by atoms with van der Waals surface area (Å²) in [4.78, 5) is 21.9. The fraction of sp³-hybridized carbons (Fsp3) is 0.0769. The van der Waals surface area contributed by atoms with Crippen LogP contribution in [0.2, 0.25) is 0 Å². The Hall–Kier alpha value is -2.76. The van der Waals surface area contributed by atoms with Crippen molar-refractivity contribution in [3.63, 3.8) is 0 Å². The molecule has 1 aromatic heterocycles. The molecule has 6 heteroatoms. The minimum Gasteiger partial charge on any atom is -0.475 e. The van der Waals surface area contributed by atoms with Crippen molar-refractivity contribution in [3.05, 3.63) is 53.5 Å². The number of amides is 1. The predicted octanol–water partition coefficient (Wildman–Crippen LogP) is 1.69. The first-order valence-corrected chi connectivity index (χ1v) is 5.52. The number of carbonyl (C=O) groups is 2. The van der Waals surface area contributed by atoms with Crippen LogP contribution in [0.3, 0.4) is 0 Å². The van der Waals surface area contributed by atoms with Gasteiger partial charge in [-0.25, -0.2) is 4.79 Å². The molecule has 1 amide bonds. The van der Waals surface area contributed by atoms with Crippen molar-refractivity contribution in [2.75, 3.05) is 5.32 Å². The quantitative estimate of drug-likeness (QED) is 0.758. The molecule has 0 aliphatic heterocycles. The number of furan rings is 1. The van der Waals surface area contributed by atoms with E-state index in [1.165, 1.54) is 6.07 Å². The van der Waals surface area contributed by atoms with Crippen LogP contribution >= 0.6 is 0 Å². The van der Waals surface area contributed by atoms with Gasteiger partial charge >= 0.3 is 5.97 Å². The van der Waals surface area contributed by atoms with Crippen molar-refractivity contribution in [1.29, 1.82) is 0 Å². The van der Waals surface area contributed by atoms with Crippen molar-refractivity contribution >= 4 is 17.6 Å². The average molecular weight is 260 g/mol. The molecule has 98 valence electrons. The lowest BCUT2D eigenvalue weighted by atomic mass is 10.1. The molecule has 0 radical (unpaired) electrons. The van der Waals surface area contributed by atoms with Crippen molar-refractivity contribution in [2.24, 2.45) is 5.73 Å². The molecule has 0 aliphatic rings. The molecular weight excluding hydrogens is 248 g/mol. The molecule has 0 fully saturated rings. The third kappa shape index (κ3) is 2.92. The molecule has 0 saturated heterocycles. The Balaban J connectivity index is 2.10. The van der Waals surface area contributed by atoms with Gasteiger partial charge in [-0.3, -0.25) is 4.79 Å². The van der Waals surface area contributed by atoms with Gasteiger partial charge in [0.1, 0.15) is 5.76 Å². The van der Waals surface area contributed by atoms with Crippen LogP contribution in [0.1, 0.15) is 26.7 Å². The van der Waals surface area contributed by atoms with Crippen molar-refractivity contribution in [2.45, 2.75) is 6.54 Å². The molecule has 6 nitrogen and oxygen atoms in total. The second-order valence-corrected chi connectivity index (χ2v) is 3.83. The molecule has 0 aliphatic carbocycles. The number of hydrogen-bond acceptors (Lipinski definition) is 4. The molecule has 0 spiro atoms. The second kappa shape index (κ2) is 5.26. The van der Waals surface area contributed by atoms with E-state index in [-0.39, 0.29) is 12.3 Å². The Bertz CT molecular complexity index is 619. The van der Waals surface area contributed by atoms with Gasteiger partial charge in [-0.1, -0.05) is 12.1 Å². The molecule has 1 aromatic carbocycles. The highest BCUT2D eigenvalue weighted by atomic mass is 16.4. The van der Waals surface area contributed by atoms with Crippen molar-refractivity contribution < 1.29 is 19.1 Å². The number of hydrogen-bond donors (Lipinski definition) is 3. The Kier molecular flexibility index (Phi) is 3.51. The number of primary amides is 1. The number of nitrogens with one attached hydrogen (secondary N) is 1. The van der Waals surface area contributed by atoms with Gasteiger partial charge in [-0.05, 0) is 24.3 Å². The van der Waals surface area contributed by atoms with Gasteiger partial charge in [0.2, 0.25) is 5.76 Å². The highest BCUT2D eigenvalue weighted by molar-refractivity contribution is 5.98. The van der Waals surface area contributed by atoms with Gasteiger partial charge in [0.05, 0.1) is 12.1 Å². The molecule has 4 N–H and O–H groups in total. The van der Waals surface area contributed by atoms with E-state index in [0.29, 0.717) is 17.0 Å². The zero-order valence-electron chi connectivity index (χ0n) is 9.92. The van der Waals surface area contributed by atoms with E-state index in [0.717, 1.165) is 0 Å². The summed E-state index contributed by atoms with van der Waals surface area (Å²) in [6, 6.07) is 9.72. The number of anilines is 1. The lowest BCUT2D eigenvalue weighted by molar-refractivity contribution is 0.0660. The van der Waals surface area contributed by atoms with Gasteiger partial charge in [0.15, 0.2) is 0 Å². The molecule has 0 atom stereocenters. The maximum Gasteiger partial charge on any atom is 0.371 e. The third-order valence-corrected chi connectivity index (χ3v) is 2.52. The van der Waals surface area contributed by atoms with Gasteiger partial charge < -0.3 is 20.6 Å². The SMILES string of the molecule is NC(=O)c1ccccc1NCc1ccc(C(=O)O)o1. The van der Waals surface area contributed by atoms with Crippen LogP contribution in [0.5, 0.6) is 0 Å². The first-order valence-electron chi connectivity index (χ1n) is 5.52. The van der Waals surface area contributed by atoms with Crippen LogP contribution in [0.25, 0.3) is 0 Å². The molecular formula is C13H12N2O4. The maximum absolute atomic E-state index is 11.2. The van der Waals surface area contributed by atoms with Crippen molar-refractivity contribution in [3.8, 4) is 0 Å². The van der Waals surface area contributed by atoms with E-state index in [9.17, 15) is 9.59 Å². The number of carbonyl (C=O) groups excluding carboxylic acids is 1. The lowest BCUT2D eigenvalue weighted by Gasteiger charge is -2.08. The van der Waals surface area contributed by atoms with Crippen LogP contribution in [0.15, 0.2) is 40.8 Å². The zero-order valence-corrected chi connectivity index (χ0v) is 9.92. The largest absolute Gasteiger partial charge is 0.475 e. The number of rotatable bonds is 5. The first kappa shape index (κ1) is 12.7. The van der Waals surface area contributed by atoms with Gasteiger partial charge in [-0.2, -0.15) is 0 Å². The number of nitrogens with two attached hydrogens (primary N) is 1. The van der Waals surface area contributed by atoms with Crippen LogP contribution in [0.4, 0.5) is 5.69 Å². The van der Waals surface area contributed by atoms with Crippen LogP contribution in [0, 0.1) is 0 Å². The van der Waals surface area contributed by atoms with Crippen LogP contribution in [-0.2, 0) is 6.54 Å². The molecule has 0 bridgehead atoms. The van der Waals surface area contributed by atoms with Crippen LogP contribution in [-0.4, -0.2) is 17.0 Å². The Morgan fingerprint density at radius 1 is 1.21 bits per heavy atom. The van der Waals surface area contributed by atoms with E-state index < -0.39 is 11.9 Å². The molecule has 0 unspecified atom stereocenters. The van der Waals surface area contributed by atoms with Crippen molar-refractivity contribution in [1.82, 2.24) is 0 Å². The van der Waals surface area contributed by atoms with Gasteiger partial charge in [0, 0.05) is 5.69 Å². The first-order chi connectivity index (χ1) is 9.08. The van der Waals surface area contributed by atoms with E-state index in [2.05, 4.69) is 5.32 Å². The Morgan fingerprint density at radius 2 is 1.95 bits per heavy atom. The highest BCUT2D eigenvalue weighted by Crippen LogP contribution is 2.16. The highest BCUT2D eigenvalue weighted by Gasteiger charge is 2.10. The third-order valence-electron chi connectivity index (χ3n) is 2.52. The summed E-state index contributed by atoms with van der Waals surface area (Å²) in [6.45, 7) is 0.261. The lowest BCUT2D eigenvalue weighted by Crippen LogP contribution is -2.14. The monoisotopic (exact) mass is 260 g/mol. The zero-order chi connectivity index (χ0) is 13.8. The summed E-state index contributed by atoms with van der Waals surface area (Å²) in [5, 5.41) is 11.7. The number of carboxylic acid groups (broad SMARTS) is 1. The number of carboxylic acids is 1. The fourth-order valence-electron chi connectivity index (χ4n) is 1.62. The summed E-state index contributed by atoms with van der Waals surface area (Å²) in [7, 11) is 0. The minimum atomic E-state index is -1.12. The van der Waals surface area contributed by atoms with E-state index in [1.807, 2.05) is 0 Å². The molecule has 1 heterocycles. The average Bonchev–Trinajstić information content (AvgIpc) is 2.85.